The van der Waals surface area contributed by atoms with Crippen molar-refractivity contribution in [2.45, 2.75) is 19.6 Å². The van der Waals surface area contributed by atoms with Crippen LogP contribution in [0.1, 0.15) is 24.2 Å². The van der Waals surface area contributed by atoms with Gasteiger partial charge < -0.3 is 14.9 Å². The zero-order chi connectivity index (χ0) is 13.8. The van der Waals surface area contributed by atoms with Crippen molar-refractivity contribution in [3.63, 3.8) is 0 Å². The normalized spacial score (nSPS) is 12.2. The fourth-order valence-electron chi connectivity index (χ4n) is 1.77. The summed E-state index contributed by atoms with van der Waals surface area (Å²) in [6.07, 6.45) is -0.534. The summed E-state index contributed by atoms with van der Waals surface area (Å²) in [5, 5.41) is 18.8. The summed E-state index contributed by atoms with van der Waals surface area (Å²) in [5.74, 6) is 1.28. The highest BCUT2D eigenvalue weighted by Gasteiger charge is 2.09. The van der Waals surface area contributed by atoms with Gasteiger partial charge in [0.2, 0.25) is 0 Å². The molecule has 0 saturated heterocycles. The minimum Gasteiger partial charge on any atom is -0.457 e. The number of para-hydroxylation sites is 1. The van der Waals surface area contributed by atoms with Gasteiger partial charge in [-0.3, -0.25) is 0 Å². The molecule has 0 aliphatic rings. The van der Waals surface area contributed by atoms with Crippen LogP contribution in [0.3, 0.4) is 0 Å². The number of benzene rings is 2. The molecule has 3 nitrogen and oxygen atoms in total. The Bertz CT molecular complexity index is 567. The second kappa shape index (κ2) is 6.19. The van der Waals surface area contributed by atoms with Crippen molar-refractivity contribution in [2.24, 2.45) is 0 Å². The smallest absolute Gasteiger partial charge is 0.132 e. The van der Waals surface area contributed by atoms with Crippen molar-refractivity contribution in [2.75, 3.05) is 0 Å². The standard InChI is InChI=1S/C15H15BrO3/c1-10(18)13-7-6-12(8-14(13)16)19-15-5-3-2-4-11(15)9-17/h2-8,10,17-18H,9H2,1H3/t10-/m0/s1. The van der Waals surface area contributed by atoms with Crippen LogP contribution < -0.4 is 4.74 Å². The van der Waals surface area contributed by atoms with Crippen LogP contribution in [-0.2, 0) is 6.61 Å². The monoisotopic (exact) mass is 322 g/mol. The maximum atomic E-state index is 9.56. The van der Waals surface area contributed by atoms with Crippen molar-refractivity contribution in [1.82, 2.24) is 0 Å². The lowest BCUT2D eigenvalue weighted by Crippen LogP contribution is -1.94. The molecule has 19 heavy (non-hydrogen) atoms. The molecule has 0 saturated carbocycles. The van der Waals surface area contributed by atoms with E-state index in [9.17, 15) is 10.2 Å². The van der Waals surface area contributed by atoms with E-state index in [1.807, 2.05) is 30.3 Å². The first kappa shape index (κ1) is 14.1. The van der Waals surface area contributed by atoms with E-state index in [0.717, 1.165) is 15.6 Å². The Kier molecular flexibility index (Phi) is 4.58. The molecular formula is C15H15BrO3. The highest BCUT2D eigenvalue weighted by Crippen LogP contribution is 2.31. The van der Waals surface area contributed by atoms with Gasteiger partial charge in [0.1, 0.15) is 11.5 Å². The van der Waals surface area contributed by atoms with Crippen molar-refractivity contribution in [3.8, 4) is 11.5 Å². The van der Waals surface area contributed by atoms with E-state index in [0.29, 0.717) is 11.5 Å². The first-order valence-electron chi connectivity index (χ1n) is 5.96. The van der Waals surface area contributed by atoms with Gasteiger partial charge in [-0.15, -0.1) is 0 Å². The summed E-state index contributed by atoms with van der Waals surface area (Å²) in [4.78, 5) is 0. The molecule has 0 aromatic heterocycles. The lowest BCUT2D eigenvalue weighted by molar-refractivity contribution is 0.198. The van der Waals surface area contributed by atoms with Crippen LogP contribution in [-0.4, -0.2) is 10.2 Å². The molecule has 0 fully saturated rings. The first-order valence-corrected chi connectivity index (χ1v) is 6.75. The van der Waals surface area contributed by atoms with Crippen LogP contribution in [0.4, 0.5) is 0 Å². The molecule has 2 aromatic carbocycles. The molecule has 2 aromatic rings. The average molecular weight is 323 g/mol. The Hall–Kier alpha value is -1.36. The zero-order valence-electron chi connectivity index (χ0n) is 10.5. The fraction of sp³-hybridized carbons (Fsp3) is 0.200. The van der Waals surface area contributed by atoms with Gasteiger partial charge in [-0.2, -0.15) is 0 Å². The molecule has 2 N–H and O–H groups in total. The van der Waals surface area contributed by atoms with Crippen LogP contribution in [0.2, 0.25) is 0 Å². The van der Waals surface area contributed by atoms with E-state index in [1.165, 1.54) is 0 Å². The largest absolute Gasteiger partial charge is 0.457 e. The summed E-state index contributed by atoms with van der Waals surface area (Å²) < 4.78 is 6.54. The Balaban J connectivity index is 2.26. The summed E-state index contributed by atoms with van der Waals surface area (Å²) in [6.45, 7) is 1.64. The van der Waals surface area contributed by atoms with E-state index in [-0.39, 0.29) is 6.61 Å². The number of rotatable bonds is 4. The lowest BCUT2D eigenvalue weighted by Gasteiger charge is -2.12. The molecule has 4 heteroatoms. The lowest BCUT2D eigenvalue weighted by atomic mass is 10.1. The quantitative estimate of drug-likeness (QED) is 0.900. The van der Waals surface area contributed by atoms with Gasteiger partial charge in [-0.05, 0) is 30.7 Å². The SMILES string of the molecule is C[C@H](O)c1ccc(Oc2ccccc2CO)cc1Br. The van der Waals surface area contributed by atoms with Crippen molar-refractivity contribution >= 4 is 15.9 Å². The Morgan fingerprint density at radius 3 is 2.58 bits per heavy atom. The highest BCUT2D eigenvalue weighted by atomic mass is 79.9. The molecular weight excluding hydrogens is 308 g/mol. The molecule has 0 aliphatic carbocycles. The van der Waals surface area contributed by atoms with Gasteiger partial charge in [-0.1, -0.05) is 40.2 Å². The Morgan fingerprint density at radius 2 is 1.95 bits per heavy atom. The number of aliphatic hydroxyl groups excluding tert-OH is 2. The van der Waals surface area contributed by atoms with Gasteiger partial charge >= 0.3 is 0 Å². The maximum Gasteiger partial charge on any atom is 0.132 e. The Labute approximate surface area is 120 Å². The number of hydrogen-bond donors (Lipinski definition) is 2. The third-order valence-corrected chi connectivity index (χ3v) is 3.48. The third-order valence-electron chi connectivity index (χ3n) is 2.79. The number of halogens is 1. The van der Waals surface area contributed by atoms with Crippen molar-refractivity contribution in [3.05, 3.63) is 58.1 Å². The molecule has 0 unspecified atom stereocenters. The molecule has 100 valence electrons. The maximum absolute atomic E-state index is 9.56. The highest BCUT2D eigenvalue weighted by molar-refractivity contribution is 9.10. The molecule has 0 bridgehead atoms. The summed E-state index contributed by atoms with van der Waals surface area (Å²) >= 11 is 3.41. The summed E-state index contributed by atoms with van der Waals surface area (Å²) in [5.41, 5.74) is 1.54. The van der Waals surface area contributed by atoms with Crippen LogP contribution in [0.15, 0.2) is 46.9 Å². The molecule has 0 amide bonds. The number of ether oxygens (including phenoxy) is 1. The minimum atomic E-state index is -0.534. The van der Waals surface area contributed by atoms with Crippen molar-refractivity contribution < 1.29 is 14.9 Å². The topological polar surface area (TPSA) is 49.7 Å². The molecule has 0 aliphatic heterocycles. The molecule has 0 heterocycles. The molecule has 0 radical (unpaired) electrons. The third kappa shape index (κ3) is 3.35. The van der Waals surface area contributed by atoms with E-state index in [2.05, 4.69) is 15.9 Å². The second-order valence-corrected chi connectivity index (χ2v) is 5.08. The minimum absolute atomic E-state index is 0.0664. The van der Waals surface area contributed by atoms with Gasteiger partial charge in [0.05, 0.1) is 12.7 Å². The molecule has 0 spiro atoms. The predicted octanol–water partition coefficient (Wildman–Crippen LogP) is 3.79. The molecule has 2 rings (SSSR count). The average Bonchev–Trinajstić information content (AvgIpc) is 2.39. The van der Waals surface area contributed by atoms with E-state index in [4.69, 9.17) is 4.74 Å². The van der Waals surface area contributed by atoms with Gasteiger partial charge in [0.25, 0.3) is 0 Å². The number of aliphatic hydroxyl groups is 2. The summed E-state index contributed by atoms with van der Waals surface area (Å²) in [6, 6.07) is 12.7. The number of hydrogen-bond acceptors (Lipinski definition) is 3. The molecule has 1 atom stereocenters. The van der Waals surface area contributed by atoms with E-state index >= 15 is 0 Å². The van der Waals surface area contributed by atoms with Gasteiger partial charge in [-0.25, -0.2) is 0 Å². The van der Waals surface area contributed by atoms with Crippen LogP contribution in [0.5, 0.6) is 11.5 Å². The van der Waals surface area contributed by atoms with Crippen molar-refractivity contribution in [1.29, 1.82) is 0 Å². The van der Waals surface area contributed by atoms with Gasteiger partial charge in [0.15, 0.2) is 0 Å². The van der Waals surface area contributed by atoms with Crippen LogP contribution >= 0.6 is 15.9 Å². The van der Waals surface area contributed by atoms with Crippen LogP contribution in [0.25, 0.3) is 0 Å². The van der Waals surface area contributed by atoms with E-state index < -0.39 is 6.10 Å². The van der Waals surface area contributed by atoms with E-state index in [1.54, 1.807) is 19.1 Å². The zero-order valence-corrected chi connectivity index (χ0v) is 12.1. The predicted molar refractivity (Wildman–Crippen MR) is 77.2 cm³/mol. The summed E-state index contributed by atoms with van der Waals surface area (Å²) in [7, 11) is 0. The second-order valence-electron chi connectivity index (χ2n) is 4.23. The Morgan fingerprint density at radius 1 is 1.21 bits per heavy atom. The van der Waals surface area contributed by atoms with Gasteiger partial charge in [0, 0.05) is 10.0 Å². The van der Waals surface area contributed by atoms with Crippen LogP contribution in [0, 0.1) is 0 Å². The fourth-order valence-corrected chi connectivity index (χ4v) is 2.46. The first-order chi connectivity index (χ1) is 9.11.